The molecule has 0 radical (unpaired) electrons. The quantitative estimate of drug-likeness (QED) is 0.750. The SMILES string of the molecule is COc1ccc(CNC(=O)N[C@@H]2CN(c3ncccn3)C[C@H]2CN(C)C)cc1. The van der Waals surface area contributed by atoms with Crippen molar-refractivity contribution < 1.29 is 9.53 Å². The molecule has 0 aliphatic carbocycles. The lowest BCUT2D eigenvalue weighted by atomic mass is 10.0. The van der Waals surface area contributed by atoms with Crippen LogP contribution in [0.5, 0.6) is 5.75 Å². The molecule has 150 valence electrons. The van der Waals surface area contributed by atoms with Gasteiger partial charge in [-0.1, -0.05) is 12.1 Å². The van der Waals surface area contributed by atoms with E-state index in [2.05, 4.69) is 30.4 Å². The summed E-state index contributed by atoms with van der Waals surface area (Å²) in [7, 11) is 5.72. The number of ether oxygens (including phenoxy) is 1. The first kappa shape index (κ1) is 19.9. The Morgan fingerprint density at radius 1 is 1.21 bits per heavy atom. The third-order valence-corrected chi connectivity index (χ3v) is 4.80. The summed E-state index contributed by atoms with van der Waals surface area (Å²) in [6.45, 7) is 2.85. The van der Waals surface area contributed by atoms with Crippen LogP contribution in [0.25, 0.3) is 0 Å². The number of rotatable bonds is 7. The highest BCUT2D eigenvalue weighted by molar-refractivity contribution is 5.74. The van der Waals surface area contributed by atoms with E-state index in [1.807, 2.05) is 38.4 Å². The van der Waals surface area contributed by atoms with Crippen molar-refractivity contribution in [3.63, 3.8) is 0 Å². The summed E-state index contributed by atoms with van der Waals surface area (Å²) in [5, 5.41) is 6.07. The Morgan fingerprint density at radius 2 is 1.93 bits per heavy atom. The molecule has 2 heterocycles. The zero-order valence-electron chi connectivity index (χ0n) is 16.6. The predicted molar refractivity (Wildman–Crippen MR) is 108 cm³/mol. The largest absolute Gasteiger partial charge is 0.497 e. The first-order valence-electron chi connectivity index (χ1n) is 9.39. The molecule has 3 rings (SSSR count). The Kier molecular flexibility index (Phi) is 6.65. The van der Waals surface area contributed by atoms with Crippen LogP contribution in [0.1, 0.15) is 5.56 Å². The molecule has 1 aromatic carbocycles. The predicted octanol–water partition coefficient (Wildman–Crippen LogP) is 1.35. The molecule has 1 saturated heterocycles. The maximum absolute atomic E-state index is 12.5. The van der Waals surface area contributed by atoms with E-state index in [0.717, 1.165) is 24.4 Å². The van der Waals surface area contributed by atoms with Gasteiger partial charge in [0.25, 0.3) is 0 Å². The van der Waals surface area contributed by atoms with Crippen LogP contribution >= 0.6 is 0 Å². The molecule has 2 atom stereocenters. The number of anilines is 1. The van der Waals surface area contributed by atoms with Gasteiger partial charge in [-0.2, -0.15) is 0 Å². The van der Waals surface area contributed by atoms with Gasteiger partial charge < -0.3 is 25.2 Å². The molecule has 1 aromatic heterocycles. The van der Waals surface area contributed by atoms with Gasteiger partial charge in [-0.3, -0.25) is 0 Å². The van der Waals surface area contributed by atoms with Crippen molar-refractivity contribution in [1.29, 1.82) is 0 Å². The number of hydrogen-bond donors (Lipinski definition) is 2. The Bertz CT molecular complexity index is 753. The summed E-state index contributed by atoms with van der Waals surface area (Å²) >= 11 is 0. The average Bonchev–Trinajstić information content (AvgIpc) is 3.09. The van der Waals surface area contributed by atoms with E-state index in [4.69, 9.17) is 4.74 Å². The van der Waals surface area contributed by atoms with Crippen molar-refractivity contribution in [1.82, 2.24) is 25.5 Å². The molecule has 0 spiro atoms. The third-order valence-electron chi connectivity index (χ3n) is 4.80. The second-order valence-corrected chi connectivity index (χ2v) is 7.26. The van der Waals surface area contributed by atoms with Crippen molar-refractivity contribution in [2.45, 2.75) is 12.6 Å². The summed E-state index contributed by atoms with van der Waals surface area (Å²) in [6.07, 6.45) is 3.48. The summed E-state index contributed by atoms with van der Waals surface area (Å²) < 4.78 is 5.15. The average molecular weight is 384 g/mol. The number of methoxy groups -OCH3 is 1. The van der Waals surface area contributed by atoms with Crippen LogP contribution in [0, 0.1) is 5.92 Å². The number of nitrogens with zero attached hydrogens (tertiary/aromatic N) is 4. The van der Waals surface area contributed by atoms with Crippen LogP contribution in [-0.2, 0) is 6.54 Å². The highest BCUT2D eigenvalue weighted by atomic mass is 16.5. The molecule has 28 heavy (non-hydrogen) atoms. The van der Waals surface area contributed by atoms with Crippen molar-refractivity contribution in [2.75, 3.05) is 45.7 Å². The zero-order valence-corrected chi connectivity index (χ0v) is 16.6. The highest BCUT2D eigenvalue weighted by Gasteiger charge is 2.35. The lowest BCUT2D eigenvalue weighted by Gasteiger charge is -2.22. The van der Waals surface area contributed by atoms with E-state index in [9.17, 15) is 4.79 Å². The van der Waals surface area contributed by atoms with Crippen LogP contribution < -0.4 is 20.3 Å². The van der Waals surface area contributed by atoms with Gasteiger partial charge >= 0.3 is 6.03 Å². The van der Waals surface area contributed by atoms with Crippen LogP contribution in [0.3, 0.4) is 0 Å². The van der Waals surface area contributed by atoms with E-state index >= 15 is 0 Å². The molecule has 2 aromatic rings. The summed E-state index contributed by atoms with van der Waals surface area (Å²) in [5.41, 5.74) is 1.02. The fourth-order valence-electron chi connectivity index (χ4n) is 3.45. The standard InChI is InChI=1S/C20H28N6O2/c1-25(2)12-16-13-26(19-21-9-4-10-22-19)14-18(16)24-20(27)23-11-15-5-7-17(28-3)8-6-15/h4-10,16,18H,11-14H2,1-3H3,(H2,23,24,27)/t16-,18-/m1/s1. The van der Waals surface area contributed by atoms with E-state index < -0.39 is 0 Å². The van der Waals surface area contributed by atoms with E-state index in [1.165, 1.54) is 0 Å². The molecular weight excluding hydrogens is 356 g/mol. The Labute approximate surface area is 165 Å². The number of hydrogen-bond acceptors (Lipinski definition) is 6. The second-order valence-electron chi connectivity index (χ2n) is 7.26. The van der Waals surface area contributed by atoms with Crippen LogP contribution in [0.2, 0.25) is 0 Å². The van der Waals surface area contributed by atoms with Gasteiger partial charge in [0.15, 0.2) is 0 Å². The van der Waals surface area contributed by atoms with E-state index in [-0.39, 0.29) is 12.1 Å². The first-order chi connectivity index (χ1) is 13.5. The number of carbonyl (C=O) groups is 1. The monoisotopic (exact) mass is 384 g/mol. The van der Waals surface area contributed by atoms with Gasteiger partial charge in [-0.25, -0.2) is 14.8 Å². The van der Waals surface area contributed by atoms with Crippen molar-refractivity contribution in [3.8, 4) is 5.75 Å². The number of urea groups is 1. The lowest BCUT2D eigenvalue weighted by Crippen LogP contribution is -2.47. The zero-order chi connectivity index (χ0) is 19.9. The minimum atomic E-state index is -0.166. The molecule has 0 saturated carbocycles. The van der Waals surface area contributed by atoms with Gasteiger partial charge in [-0.05, 0) is 37.9 Å². The minimum absolute atomic E-state index is 0.0297. The fraction of sp³-hybridized carbons (Fsp3) is 0.450. The molecule has 2 amide bonds. The Morgan fingerprint density at radius 3 is 2.57 bits per heavy atom. The smallest absolute Gasteiger partial charge is 0.315 e. The molecule has 8 heteroatoms. The molecule has 1 aliphatic rings. The van der Waals surface area contributed by atoms with Crippen molar-refractivity contribution in [2.24, 2.45) is 5.92 Å². The molecule has 0 unspecified atom stereocenters. The molecular formula is C20H28N6O2. The minimum Gasteiger partial charge on any atom is -0.497 e. The van der Waals surface area contributed by atoms with Gasteiger partial charge in [0.1, 0.15) is 5.75 Å². The van der Waals surface area contributed by atoms with Crippen LogP contribution in [-0.4, -0.2) is 67.8 Å². The van der Waals surface area contributed by atoms with Crippen LogP contribution in [0.15, 0.2) is 42.7 Å². The normalized spacial score (nSPS) is 18.9. The molecule has 8 nitrogen and oxygen atoms in total. The maximum Gasteiger partial charge on any atom is 0.315 e. The Hall–Kier alpha value is -2.87. The van der Waals surface area contributed by atoms with Gasteiger partial charge in [0.2, 0.25) is 5.95 Å². The van der Waals surface area contributed by atoms with Gasteiger partial charge in [-0.15, -0.1) is 0 Å². The van der Waals surface area contributed by atoms with E-state index in [1.54, 1.807) is 25.6 Å². The number of carbonyl (C=O) groups excluding carboxylic acids is 1. The summed E-state index contributed by atoms with van der Waals surface area (Å²) in [5.74, 6) is 1.80. The summed E-state index contributed by atoms with van der Waals surface area (Å²) in [6, 6.07) is 9.32. The molecule has 1 aliphatic heterocycles. The number of aromatic nitrogens is 2. The van der Waals surface area contributed by atoms with Crippen molar-refractivity contribution in [3.05, 3.63) is 48.3 Å². The highest BCUT2D eigenvalue weighted by Crippen LogP contribution is 2.21. The third kappa shape index (κ3) is 5.32. The number of nitrogens with one attached hydrogen (secondary N) is 2. The van der Waals surface area contributed by atoms with E-state index in [0.29, 0.717) is 25.0 Å². The van der Waals surface area contributed by atoms with Crippen molar-refractivity contribution >= 4 is 12.0 Å². The second kappa shape index (κ2) is 9.36. The molecule has 0 bridgehead atoms. The molecule has 1 fully saturated rings. The fourth-order valence-corrected chi connectivity index (χ4v) is 3.45. The lowest BCUT2D eigenvalue weighted by molar-refractivity contribution is 0.230. The van der Waals surface area contributed by atoms with Gasteiger partial charge in [0, 0.05) is 44.5 Å². The topological polar surface area (TPSA) is 82.6 Å². The Balaban J connectivity index is 1.57. The first-order valence-corrected chi connectivity index (χ1v) is 9.39. The molecule has 2 N–H and O–H groups in total. The summed E-state index contributed by atoms with van der Waals surface area (Å²) in [4.78, 5) is 25.4. The van der Waals surface area contributed by atoms with Gasteiger partial charge in [0.05, 0.1) is 13.2 Å². The van der Waals surface area contributed by atoms with Crippen LogP contribution in [0.4, 0.5) is 10.7 Å². The number of amides is 2. The maximum atomic E-state index is 12.5. The number of benzene rings is 1.